The highest BCUT2D eigenvalue weighted by atomic mass is 16.5. The van der Waals surface area contributed by atoms with Crippen molar-refractivity contribution < 1.29 is 33.6 Å². The van der Waals surface area contributed by atoms with Crippen molar-refractivity contribution in [1.82, 2.24) is 9.78 Å². The zero-order valence-corrected chi connectivity index (χ0v) is 18.3. The molecule has 0 aliphatic carbocycles. The summed E-state index contributed by atoms with van der Waals surface area (Å²) in [5.74, 6) is 4.20. The summed E-state index contributed by atoms with van der Waals surface area (Å²) in [7, 11) is 6.01. The van der Waals surface area contributed by atoms with E-state index in [2.05, 4.69) is 17.1 Å². The molecule has 0 bridgehead atoms. The number of methoxy groups -OCH3 is 4. The number of rotatable bonds is 9. The average molecular weight is 440 g/mol. The van der Waals surface area contributed by atoms with Crippen LogP contribution in [-0.2, 0) is 4.74 Å². The third kappa shape index (κ3) is 4.61. The van der Waals surface area contributed by atoms with Crippen LogP contribution < -0.4 is 18.9 Å². The molecule has 0 fully saturated rings. The molecule has 0 amide bonds. The van der Waals surface area contributed by atoms with Gasteiger partial charge in [-0.3, -0.25) is 4.79 Å². The smallest absolute Gasteiger partial charge is 0.214 e. The molecular weight excluding hydrogens is 416 g/mol. The van der Waals surface area contributed by atoms with Crippen LogP contribution in [0.25, 0.3) is 10.9 Å². The highest BCUT2D eigenvalue weighted by Gasteiger charge is 2.23. The minimum Gasteiger partial charge on any atom is -0.497 e. The summed E-state index contributed by atoms with van der Waals surface area (Å²) in [6.45, 7) is 0.215. The van der Waals surface area contributed by atoms with E-state index in [-0.39, 0.29) is 31.3 Å². The lowest BCUT2D eigenvalue weighted by atomic mass is 10.0. The minimum atomic E-state index is -0.337. The monoisotopic (exact) mass is 440 g/mol. The van der Waals surface area contributed by atoms with E-state index >= 15 is 0 Å². The van der Waals surface area contributed by atoms with Crippen molar-refractivity contribution in [2.75, 3.05) is 48.3 Å². The Balaban J connectivity index is 2.09. The van der Waals surface area contributed by atoms with Gasteiger partial charge in [-0.05, 0) is 30.2 Å². The van der Waals surface area contributed by atoms with Crippen LogP contribution in [0.3, 0.4) is 0 Å². The van der Waals surface area contributed by atoms with Gasteiger partial charge in [-0.1, -0.05) is 0 Å². The van der Waals surface area contributed by atoms with Crippen LogP contribution in [-0.4, -0.2) is 68.9 Å². The van der Waals surface area contributed by atoms with E-state index in [1.54, 1.807) is 37.4 Å². The zero-order chi connectivity index (χ0) is 23.1. The highest BCUT2D eigenvalue weighted by Crippen LogP contribution is 2.39. The Labute approximate surface area is 185 Å². The molecule has 0 radical (unpaired) electrons. The molecule has 0 spiro atoms. The number of nitrogens with zero attached hydrogens (tertiary/aromatic N) is 2. The predicted molar refractivity (Wildman–Crippen MR) is 117 cm³/mol. The van der Waals surface area contributed by atoms with Gasteiger partial charge in [-0.25, -0.2) is 0 Å². The van der Waals surface area contributed by atoms with Gasteiger partial charge >= 0.3 is 0 Å². The molecule has 9 nitrogen and oxygen atoms in total. The van der Waals surface area contributed by atoms with Crippen molar-refractivity contribution >= 4 is 16.7 Å². The topological polar surface area (TPSA) is 101 Å². The molecule has 1 N–H and O–H groups in total. The molecule has 0 unspecified atom stereocenters. The van der Waals surface area contributed by atoms with Crippen molar-refractivity contribution in [3.05, 3.63) is 41.6 Å². The number of aromatic nitrogens is 2. The highest BCUT2D eigenvalue weighted by molar-refractivity contribution is 6.15. The first-order valence-electron chi connectivity index (χ1n) is 9.66. The predicted octanol–water partition coefficient (Wildman–Crippen LogP) is 2.12. The molecule has 32 heavy (non-hydrogen) atoms. The quantitative estimate of drug-likeness (QED) is 0.307. The molecule has 0 saturated carbocycles. The SMILES string of the molecule is COc1ccc2c(C(=O)c3cc(OC)c(OC)c(OC)c3)nn(C#CCOCCO)c2c1. The number of fused-ring (bicyclic) bond motifs is 1. The maximum atomic E-state index is 13.4. The largest absolute Gasteiger partial charge is 0.497 e. The lowest BCUT2D eigenvalue weighted by Gasteiger charge is -2.13. The molecule has 0 saturated heterocycles. The summed E-state index contributed by atoms with van der Waals surface area (Å²) >= 11 is 0. The Bertz CT molecular complexity index is 1150. The standard InChI is InChI=1S/C23H24N2O7/c1-28-16-6-7-17-18(14-16)25(8-5-10-32-11-9-26)24-21(17)22(27)15-12-19(29-2)23(31-4)20(13-15)30-3/h6-7,12-14,26H,9-11H2,1-4H3. The molecule has 1 aromatic heterocycles. The third-order valence-electron chi connectivity index (χ3n) is 4.63. The second-order valence-corrected chi connectivity index (χ2v) is 6.45. The van der Waals surface area contributed by atoms with Crippen LogP contribution in [0.1, 0.15) is 16.1 Å². The van der Waals surface area contributed by atoms with Gasteiger partial charge in [-0.2, -0.15) is 9.78 Å². The van der Waals surface area contributed by atoms with E-state index in [0.29, 0.717) is 39.5 Å². The molecule has 1 heterocycles. The summed E-state index contributed by atoms with van der Waals surface area (Å²) in [6, 6.07) is 11.3. The lowest BCUT2D eigenvalue weighted by Crippen LogP contribution is -2.06. The van der Waals surface area contributed by atoms with Gasteiger partial charge in [0.05, 0.1) is 47.2 Å². The van der Waals surface area contributed by atoms with Crippen LogP contribution in [0.2, 0.25) is 0 Å². The van der Waals surface area contributed by atoms with Crippen LogP contribution >= 0.6 is 0 Å². The second-order valence-electron chi connectivity index (χ2n) is 6.45. The summed E-state index contributed by atoms with van der Waals surface area (Å²) in [5, 5.41) is 13.8. The Morgan fingerprint density at radius 1 is 1.03 bits per heavy atom. The van der Waals surface area contributed by atoms with Crippen molar-refractivity contribution in [1.29, 1.82) is 0 Å². The summed E-state index contributed by atoms with van der Waals surface area (Å²) < 4.78 is 27.9. The van der Waals surface area contributed by atoms with Crippen molar-refractivity contribution in [2.45, 2.75) is 0 Å². The number of carbonyl (C=O) groups is 1. The normalized spacial score (nSPS) is 10.4. The third-order valence-corrected chi connectivity index (χ3v) is 4.63. The Kier molecular flexibility index (Phi) is 7.54. The van der Waals surface area contributed by atoms with Crippen molar-refractivity contribution in [3.8, 4) is 35.0 Å². The molecule has 3 aromatic rings. The molecule has 0 aliphatic rings. The number of ketones is 1. The van der Waals surface area contributed by atoms with Crippen molar-refractivity contribution in [2.24, 2.45) is 0 Å². The van der Waals surface area contributed by atoms with E-state index in [1.165, 1.54) is 26.0 Å². The van der Waals surface area contributed by atoms with Gasteiger partial charge in [0, 0.05) is 23.1 Å². The molecule has 168 valence electrons. The fraction of sp³-hybridized carbons (Fsp3) is 0.304. The number of ether oxygens (including phenoxy) is 5. The first kappa shape index (κ1) is 22.9. The molecule has 0 aliphatic heterocycles. The maximum Gasteiger partial charge on any atom is 0.214 e. The second kappa shape index (κ2) is 10.5. The minimum absolute atomic E-state index is 0.0863. The summed E-state index contributed by atoms with van der Waals surface area (Å²) in [5.41, 5.74) is 1.14. The Morgan fingerprint density at radius 3 is 2.34 bits per heavy atom. The molecule has 2 aromatic carbocycles. The van der Waals surface area contributed by atoms with Gasteiger partial charge in [0.15, 0.2) is 11.5 Å². The zero-order valence-electron chi connectivity index (χ0n) is 18.3. The van der Waals surface area contributed by atoms with E-state index in [9.17, 15) is 4.79 Å². The van der Waals surface area contributed by atoms with E-state index in [0.717, 1.165) is 0 Å². The van der Waals surface area contributed by atoms with Gasteiger partial charge in [0.25, 0.3) is 0 Å². The van der Waals surface area contributed by atoms with E-state index in [4.69, 9.17) is 28.8 Å². The number of hydrogen-bond acceptors (Lipinski definition) is 8. The van der Waals surface area contributed by atoms with Crippen LogP contribution in [0.4, 0.5) is 0 Å². The fourth-order valence-corrected chi connectivity index (χ4v) is 3.12. The average Bonchev–Trinajstić information content (AvgIpc) is 3.19. The van der Waals surface area contributed by atoms with Crippen LogP contribution in [0, 0.1) is 12.0 Å². The van der Waals surface area contributed by atoms with Gasteiger partial charge in [0.1, 0.15) is 18.1 Å². The van der Waals surface area contributed by atoms with Crippen LogP contribution in [0.5, 0.6) is 23.0 Å². The van der Waals surface area contributed by atoms with Gasteiger partial charge in [-0.15, -0.1) is 0 Å². The van der Waals surface area contributed by atoms with E-state index in [1.807, 2.05) is 0 Å². The Morgan fingerprint density at radius 2 is 1.75 bits per heavy atom. The number of aliphatic hydroxyl groups is 1. The Hall–Kier alpha value is -3.74. The summed E-state index contributed by atoms with van der Waals surface area (Å²) in [4.78, 5) is 13.4. The maximum absolute atomic E-state index is 13.4. The molecule has 3 rings (SSSR count). The fourth-order valence-electron chi connectivity index (χ4n) is 3.12. The number of aliphatic hydroxyl groups excluding tert-OH is 1. The lowest BCUT2D eigenvalue weighted by molar-refractivity contribution is 0.103. The number of carbonyl (C=O) groups excluding carboxylic acids is 1. The molecule has 9 heteroatoms. The number of hydrogen-bond donors (Lipinski definition) is 1. The molecular formula is C23H24N2O7. The van der Waals surface area contributed by atoms with Crippen LogP contribution in [0.15, 0.2) is 30.3 Å². The van der Waals surface area contributed by atoms with Gasteiger partial charge in [0.2, 0.25) is 11.5 Å². The van der Waals surface area contributed by atoms with Crippen molar-refractivity contribution in [3.63, 3.8) is 0 Å². The van der Waals surface area contributed by atoms with Gasteiger partial charge < -0.3 is 28.8 Å². The number of benzene rings is 2. The first-order chi connectivity index (χ1) is 15.6. The molecule has 0 atom stereocenters. The first-order valence-corrected chi connectivity index (χ1v) is 9.66. The summed E-state index contributed by atoms with van der Waals surface area (Å²) in [6.07, 6.45) is 0. The van der Waals surface area contributed by atoms with E-state index < -0.39 is 0 Å².